The van der Waals surface area contributed by atoms with Crippen LogP contribution in [0.4, 0.5) is 0 Å². The van der Waals surface area contributed by atoms with Crippen molar-refractivity contribution >= 4 is 5.91 Å². The Hall–Kier alpha value is -0.650. The topological polar surface area (TPSA) is 44.8 Å². The van der Waals surface area contributed by atoms with Gasteiger partial charge in [-0.2, -0.15) is 0 Å². The first kappa shape index (κ1) is 17.2. The lowest BCUT2D eigenvalue weighted by atomic mass is 9.92. The molecule has 0 radical (unpaired) electrons. The zero-order valence-electron chi connectivity index (χ0n) is 14.6. The Morgan fingerprint density at radius 2 is 1.91 bits per heavy atom. The third-order valence-electron chi connectivity index (χ3n) is 5.78. The van der Waals surface area contributed by atoms with Gasteiger partial charge in [0.25, 0.3) is 5.91 Å². The zero-order valence-corrected chi connectivity index (χ0v) is 14.6. The highest BCUT2D eigenvalue weighted by Gasteiger charge is 2.31. The molecule has 0 bridgehead atoms. The van der Waals surface area contributed by atoms with Crippen LogP contribution in [0.1, 0.15) is 51.9 Å². The smallest absolute Gasteiger partial charge is 0.250 e. The molecule has 0 spiro atoms. The standard InChI is InChI=1S/C18H33N3O2/c1-2-20-11-12-23-17(14-20)18(22)19-15-7-6-10-21(13-15)16-8-4-3-5-9-16/h15-17H,2-14H2,1H3,(H,19,22)/t15-,17-/m0/s1. The number of nitrogens with zero attached hydrogens (tertiary/aromatic N) is 2. The average molecular weight is 323 g/mol. The summed E-state index contributed by atoms with van der Waals surface area (Å²) in [4.78, 5) is 17.5. The summed E-state index contributed by atoms with van der Waals surface area (Å²) in [6, 6.07) is 1.06. The second-order valence-electron chi connectivity index (χ2n) is 7.39. The molecule has 2 heterocycles. The maximum atomic E-state index is 12.5. The van der Waals surface area contributed by atoms with Gasteiger partial charge < -0.3 is 10.1 Å². The van der Waals surface area contributed by atoms with E-state index >= 15 is 0 Å². The van der Waals surface area contributed by atoms with Crippen molar-refractivity contribution in [3.63, 3.8) is 0 Å². The van der Waals surface area contributed by atoms with E-state index in [4.69, 9.17) is 4.74 Å². The normalized spacial score (nSPS) is 31.9. The van der Waals surface area contributed by atoms with Crippen molar-refractivity contribution < 1.29 is 9.53 Å². The molecule has 0 aromatic carbocycles. The molecular formula is C18H33N3O2. The van der Waals surface area contributed by atoms with E-state index in [9.17, 15) is 4.79 Å². The lowest BCUT2D eigenvalue weighted by Crippen LogP contribution is -2.56. The number of hydrogen-bond donors (Lipinski definition) is 1. The Morgan fingerprint density at radius 1 is 1.09 bits per heavy atom. The second-order valence-corrected chi connectivity index (χ2v) is 7.39. The summed E-state index contributed by atoms with van der Waals surface area (Å²) in [5.74, 6) is 0.0960. The predicted octanol–water partition coefficient (Wildman–Crippen LogP) is 1.62. The highest BCUT2D eigenvalue weighted by atomic mass is 16.5. The molecule has 1 saturated carbocycles. The maximum absolute atomic E-state index is 12.5. The number of carbonyl (C=O) groups is 1. The third kappa shape index (κ3) is 4.68. The molecule has 2 atom stereocenters. The van der Waals surface area contributed by atoms with Crippen LogP contribution in [0, 0.1) is 0 Å². The molecule has 0 aromatic rings. The number of ether oxygens (including phenoxy) is 1. The first-order valence-corrected chi connectivity index (χ1v) is 9.64. The van der Waals surface area contributed by atoms with Crippen molar-refractivity contribution in [3.05, 3.63) is 0 Å². The van der Waals surface area contributed by atoms with Gasteiger partial charge in [0, 0.05) is 31.7 Å². The van der Waals surface area contributed by atoms with Crippen LogP contribution >= 0.6 is 0 Å². The lowest BCUT2D eigenvalue weighted by Gasteiger charge is -2.40. The number of hydrogen-bond acceptors (Lipinski definition) is 4. The van der Waals surface area contributed by atoms with Crippen LogP contribution in [-0.2, 0) is 9.53 Å². The molecule has 5 nitrogen and oxygen atoms in total. The minimum absolute atomic E-state index is 0.0960. The van der Waals surface area contributed by atoms with E-state index < -0.39 is 0 Å². The third-order valence-corrected chi connectivity index (χ3v) is 5.78. The van der Waals surface area contributed by atoms with Crippen LogP contribution in [-0.4, -0.2) is 73.2 Å². The fourth-order valence-corrected chi connectivity index (χ4v) is 4.34. The van der Waals surface area contributed by atoms with Gasteiger partial charge >= 0.3 is 0 Å². The van der Waals surface area contributed by atoms with Gasteiger partial charge in [0.2, 0.25) is 0 Å². The van der Waals surface area contributed by atoms with Crippen LogP contribution in [0.15, 0.2) is 0 Å². The minimum Gasteiger partial charge on any atom is -0.366 e. The van der Waals surface area contributed by atoms with Crippen LogP contribution in [0.25, 0.3) is 0 Å². The monoisotopic (exact) mass is 323 g/mol. The highest BCUT2D eigenvalue weighted by molar-refractivity contribution is 5.81. The van der Waals surface area contributed by atoms with E-state index in [2.05, 4.69) is 22.0 Å². The fraction of sp³-hybridized carbons (Fsp3) is 0.944. The summed E-state index contributed by atoms with van der Waals surface area (Å²) in [7, 11) is 0. The first-order valence-electron chi connectivity index (χ1n) is 9.64. The van der Waals surface area contributed by atoms with Gasteiger partial charge in [0.05, 0.1) is 6.61 Å². The van der Waals surface area contributed by atoms with Gasteiger partial charge in [0.1, 0.15) is 6.10 Å². The van der Waals surface area contributed by atoms with Crippen molar-refractivity contribution in [3.8, 4) is 0 Å². The zero-order chi connectivity index (χ0) is 16.1. The Bertz CT molecular complexity index is 384. The van der Waals surface area contributed by atoms with Gasteiger partial charge in [-0.1, -0.05) is 26.2 Å². The molecule has 3 rings (SSSR count). The molecule has 1 aliphatic carbocycles. The summed E-state index contributed by atoms with van der Waals surface area (Å²) in [6.07, 6.45) is 8.87. The molecular weight excluding hydrogens is 290 g/mol. The van der Waals surface area contributed by atoms with Crippen LogP contribution in [0.2, 0.25) is 0 Å². The molecule has 1 amide bonds. The van der Waals surface area contributed by atoms with E-state index in [1.165, 1.54) is 45.1 Å². The van der Waals surface area contributed by atoms with E-state index in [1.54, 1.807) is 0 Å². The number of amides is 1. The predicted molar refractivity (Wildman–Crippen MR) is 91.5 cm³/mol. The van der Waals surface area contributed by atoms with Crippen molar-refractivity contribution in [1.29, 1.82) is 0 Å². The van der Waals surface area contributed by atoms with E-state index in [-0.39, 0.29) is 12.0 Å². The van der Waals surface area contributed by atoms with Gasteiger partial charge in [-0.15, -0.1) is 0 Å². The molecule has 2 saturated heterocycles. The number of nitrogens with one attached hydrogen (secondary N) is 1. The molecule has 132 valence electrons. The number of rotatable bonds is 4. The number of piperidine rings is 1. The van der Waals surface area contributed by atoms with Crippen molar-refractivity contribution in [2.24, 2.45) is 0 Å². The van der Waals surface area contributed by atoms with Gasteiger partial charge in [-0.25, -0.2) is 0 Å². The van der Waals surface area contributed by atoms with Crippen molar-refractivity contribution in [1.82, 2.24) is 15.1 Å². The summed E-state index contributed by atoms with van der Waals surface area (Å²) < 4.78 is 5.69. The van der Waals surface area contributed by atoms with Gasteiger partial charge in [0.15, 0.2) is 0 Å². The maximum Gasteiger partial charge on any atom is 0.250 e. The molecule has 2 aliphatic heterocycles. The molecule has 3 aliphatic rings. The Labute approximate surface area is 140 Å². The second kappa shape index (κ2) is 8.45. The molecule has 0 aromatic heterocycles. The molecule has 1 N–H and O–H groups in total. The van der Waals surface area contributed by atoms with Crippen LogP contribution in [0.5, 0.6) is 0 Å². The first-order chi connectivity index (χ1) is 11.3. The number of likely N-dealkylation sites (tertiary alicyclic amines) is 1. The lowest BCUT2D eigenvalue weighted by molar-refractivity contribution is -0.139. The molecule has 0 unspecified atom stereocenters. The summed E-state index contributed by atoms with van der Waals surface area (Å²) >= 11 is 0. The number of morpholine rings is 1. The molecule has 5 heteroatoms. The average Bonchev–Trinajstić information content (AvgIpc) is 2.63. The molecule has 3 fully saturated rings. The summed E-state index contributed by atoms with van der Waals surface area (Å²) in [5.41, 5.74) is 0. The quantitative estimate of drug-likeness (QED) is 0.854. The van der Waals surface area contributed by atoms with Gasteiger partial charge in [-0.05, 0) is 38.8 Å². The van der Waals surface area contributed by atoms with Crippen LogP contribution in [0.3, 0.4) is 0 Å². The largest absolute Gasteiger partial charge is 0.366 e. The van der Waals surface area contributed by atoms with Crippen LogP contribution < -0.4 is 5.32 Å². The van der Waals surface area contributed by atoms with Crippen molar-refractivity contribution in [2.45, 2.75) is 70.1 Å². The van der Waals surface area contributed by atoms with Gasteiger partial charge in [-0.3, -0.25) is 14.6 Å². The Morgan fingerprint density at radius 3 is 2.70 bits per heavy atom. The summed E-state index contributed by atoms with van der Waals surface area (Å²) in [6.45, 7) is 7.72. The van der Waals surface area contributed by atoms with E-state index in [0.717, 1.165) is 38.6 Å². The minimum atomic E-state index is -0.284. The summed E-state index contributed by atoms with van der Waals surface area (Å²) in [5, 5.41) is 3.27. The Kier molecular flexibility index (Phi) is 6.31. The molecule has 23 heavy (non-hydrogen) atoms. The number of carbonyl (C=O) groups excluding carboxylic acids is 1. The Balaban J connectivity index is 1.47. The van der Waals surface area contributed by atoms with Crippen molar-refractivity contribution in [2.75, 3.05) is 39.3 Å². The van der Waals surface area contributed by atoms with E-state index in [0.29, 0.717) is 12.6 Å². The van der Waals surface area contributed by atoms with E-state index in [1.807, 2.05) is 0 Å². The highest BCUT2D eigenvalue weighted by Crippen LogP contribution is 2.25. The number of likely N-dealkylation sites (N-methyl/N-ethyl adjacent to an activating group) is 1. The SMILES string of the molecule is CCN1CCO[C@H](C(=O)N[C@H]2CCCN(C3CCCCC3)C2)C1. The fourth-order valence-electron chi connectivity index (χ4n) is 4.34.